The van der Waals surface area contributed by atoms with Crippen LogP contribution in [0.3, 0.4) is 0 Å². The van der Waals surface area contributed by atoms with Crippen LogP contribution >= 0.6 is 0 Å². The van der Waals surface area contributed by atoms with Gasteiger partial charge in [0, 0.05) is 17.0 Å². The van der Waals surface area contributed by atoms with Gasteiger partial charge < -0.3 is 19.5 Å². The third-order valence-corrected chi connectivity index (χ3v) is 4.55. The van der Waals surface area contributed by atoms with Crippen molar-refractivity contribution in [1.29, 1.82) is 0 Å². The predicted octanol–water partition coefficient (Wildman–Crippen LogP) is 3.65. The van der Waals surface area contributed by atoms with E-state index in [0.717, 1.165) is 5.56 Å². The lowest BCUT2D eigenvalue weighted by molar-refractivity contribution is 0.0940. The number of furan rings is 1. The molecule has 28 heavy (non-hydrogen) atoms. The van der Waals surface area contributed by atoms with Crippen molar-refractivity contribution in [2.24, 2.45) is 0 Å². The van der Waals surface area contributed by atoms with Crippen LogP contribution in [-0.4, -0.2) is 18.0 Å². The molecule has 1 atom stereocenters. The van der Waals surface area contributed by atoms with Crippen molar-refractivity contribution in [1.82, 2.24) is 10.3 Å². The Balaban J connectivity index is 1.73. The molecule has 4 aromatic rings. The van der Waals surface area contributed by atoms with Gasteiger partial charge in [-0.1, -0.05) is 30.3 Å². The van der Waals surface area contributed by atoms with Gasteiger partial charge in [0.15, 0.2) is 0 Å². The Labute approximate surface area is 160 Å². The number of aromatic amines is 1. The van der Waals surface area contributed by atoms with Crippen LogP contribution in [0.2, 0.25) is 0 Å². The van der Waals surface area contributed by atoms with E-state index in [2.05, 4.69) is 10.3 Å². The highest BCUT2D eigenvalue weighted by atomic mass is 16.5. The summed E-state index contributed by atoms with van der Waals surface area (Å²) >= 11 is 0. The molecule has 6 nitrogen and oxygen atoms in total. The normalized spacial score (nSPS) is 11.9. The number of ether oxygens (including phenoxy) is 1. The number of nitrogens with one attached hydrogen (secondary N) is 2. The zero-order chi connectivity index (χ0) is 19.5. The number of methoxy groups -OCH3 is 1. The van der Waals surface area contributed by atoms with Crippen molar-refractivity contribution in [2.75, 3.05) is 7.11 Å². The van der Waals surface area contributed by atoms with Crippen LogP contribution < -0.4 is 15.6 Å². The van der Waals surface area contributed by atoms with E-state index < -0.39 is 6.04 Å². The molecule has 2 aromatic heterocycles. The molecule has 140 valence electrons. The molecule has 6 heteroatoms. The smallest absolute Gasteiger partial charge is 0.253 e. The van der Waals surface area contributed by atoms with Crippen LogP contribution in [0.25, 0.3) is 10.9 Å². The molecule has 0 saturated carbocycles. The Morgan fingerprint density at radius 3 is 2.57 bits per heavy atom. The van der Waals surface area contributed by atoms with E-state index in [1.807, 2.05) is 36.4 Å². The highest BCUT2D eigenvalue weighted by Crippen LogP contribution is 2.25. The molecule has 2 heterocycles. The van der Waals surface area contributed by atoms with Crippen molar-refractivity contribution in [3.8, 4) is 5.75 Å². The first-order valence-corrected chi connectivity index (χ1v) is 8.76. The fraction of sp³-hybridized carbons (Fsp3) is 0.0909. The number of carbonyl (C=O) groups excluding carboxylic acids is 1. The third-order valence-electron chi connectivity index (χ3n) is 4.55. The Morgan fingerprint density at radius 2 is 1.86 bits per heavy atom. The molecule has 4 rings (SSSR count). The van der Waals surface area contributed by atoms with Crippen molar-refractivity contribution >= 4 is 16.8 Å². The molecule has 1 unspecified atom stereocenters. The van der Waals surface area contributed by atoms with Crippen LogP contribution in [0.15, 0.2) is 82.2 Å². The minimum absolute atomic E-state index is 0.310. The molecule has 0 aliphatic heterocycles. The first-order valence-electron chi connectivity index (χ1n) is 8.76. The number of hydrogen-bond acceptors (Lipinski definition) is 4. The Hall–Kier alpha value is -3.80. The van der Waals surface area contributed by atoms with Crippen molar-refractivity contribution in [3.05, 3.63) is 100 Å². The van der Waals surface area contributed by atoms with E-state index in [-0.39, 0.29) is 11.5 Å². The number of carbonyl (C=O) groups is 1. The maximum absolute atomic E-state index is 13.1. The highest BCUT2D eigenvalue weighted by molar-refractivity contribution is 6.06. The number of H-pyrrole nitrogens is 1. The van der Waals surface area contributed by atoms with Crippen molar-refractivity contribution < 1.29 is 13.9 Å². The fourth-order valence-electron chi connectivity index (χ4n) is 3.17. The maximum Gasteiger partial charge on any atom is 0.253 e. The number of fused-ring (bicyclic) bond motifs is 1. The summed E-state index contributed by atoms with van der Waals surface area (Å²) in [5.74, 6) is 0.945. The average Bonchev–Trinajstić information content (AvgIpc) is 3.26. The molecule has 0 radical (unpaired) electrons. The second-order valence-electron chi connectivity index (χ2n) is 6.29. The summed E-state index contributed by atoms with van der Waals surface area (Å²) in [7, 11) is 1.60. The quantitative estimate of drug-likeness (QED) is 0.558. The average molecular weight is 374 g/mol. The largest absolute Gasteiger partial charge is 0.497 e. The number of hydrogen-bond donors (Lipinski definition) is 2. The maximum atomic E-state index is 13.1. The summed E-state index contributed by atoms with van der Waals surface area (Å²) in [6.45, 7) is 0. The second kappa shape index (κ2) is 7.44. The lowest BCUT2D eigenvalue weighted by Gasteiger charge is -2.18. The van der Waals surface area contributed by atoms with Gasteiger partial charge in [-0.2, -0.15) is 0 Å². The van der Waals surface area contributed by atoms with Gasteiger partial charge in [-0.05, 0) is 35.9 Å². The lowest BCUT2D eigenvalue weighted by atomic mass is 10.0. The lowest BCUT2D eigenvalue weighted by Crippen LogP contribution is -2.30. The molecule has 0 saturated heterocycles. The van der Waals surface area contributed by atoms with Gasteiger partial charge in [0.25, 0.3) is 5.91 Å². The monoisotopic (exact) mass is 374 g/mol. The minimum Gasteiger partial charge on any atom is -0.497 e. The topological polar surface area (TPSA) is 84.3 Å². The Morgan fingerprint density at radius 1 is 1.07 bits per heavy atom. The molecule has 0 aliphatic rings. The van der Waals surface area contributed by atoms with E-state index in [0.29, 0.717) is 28.0 Å². The molecule has 2 N–H and O–H groups in total. The first-order chi connectivity index (χ1) is 13.7. The van der Waals surface area contributed by atoms with Gasteiger partial charge in [0.05, 0.1) is 18.9 Å². The highest BCUT2D eigenvalue weighted by Gasteiger charge is 2.22. The van der Waals surface area contributed by atoms with Gasteiger partial charge >= 0.3 is 0 Å². The molecular formula is C22H18N2O4. The number of amides is 1. The predicted molar refractivity (Wildman–Crippen MR) is 106 cm³/mol. The van der Waals surface area contributed by atoms with Crippen molar-refractivity contribution in [3.63, 3.8) is 0 Å². The van der Waals surface area contributed by atoms with Gasteiger partial charge in [-0.25, -0.2) is 0 Å². The molecule has 1 amide bonds. The summed E-state index contributed by atoms with van der Waals surface area (Å²) in [4.78, 5) is 27.8. The summed E-state index contributed by atoms with van der Waals surface area (Å²) < 4.78 is 10.7. The molecule has 0 fully saturated rings. The van der Waals surface area contributed by atoms with Gasteiger partial charge in [0.2, 0.25) is 5.56 Å². The van der Waals surface area contributed by atoms with Crippen LogP contribution in [0, 0.1) is 0 Å². The molecule has 0 aliphatic carbocycles. The number of aromatic nitrogens is 1. The minimum atomic E-state index is -0.508. The number of benzene rings is 2. The zero-order valence-electron chi connectivity index (χ0n) is 15.1. The molecular weight excluding hydrogens is 356 g/mol. The van der Waals surface area contributed by atoms with Gasteiger partial charge in [0.1, 0.15) is 17.6 Å². The molecule has 0 spiro atoms. The second-order valence-corrected chi connectivity index (χ2v) is 6.29. The summed E-state index contributed by atoms with van der Waals surface area (Å²) in [5, 5.41) is 3.66. The van der Waals surface area contributed by atoms with E-state index in [1.54, 1.807) is 37.6 Å². The zero-order valence-corrected chi connectivity index (χ0v) is 15.1. The molecule has 2 aromatic carbocycles. The van der Waals surface area contributed by atoms with E-state index in [1.165, 1.54) is 6.07 Å². The number of pyridine rings is 1. The van der Waals surface area contributed by atoms with E-state index >= 15 is 0 Å². The van der Waals surface area contributed by atoms with Crippen LogP contribution in [0.4, 0.5) is 0 Å². The summed E-state index contributed by atoms with van der Waals surface area (Å²) in [6, 6.07) is 18.9. The van der Waals surface area contributed by atoms with Crippen molar-refractivity contribution in [2.45, 2.75) is 6.04 Å². The fourth-order valence-corrected chi connectivity index (χ4v) is 3.17. The Kier molecular flexibility index (Phi) is 4.68. The van der Waals surface area contributed by atoms with Crippen LogP contribution in [0.1, 0.15) is 27.7 Å². The SMILES string of the molecule is COc1ccc(C(NC(=O)c2cc(=O)[nH]c3ccccc23)c2ccco2)cc1. The third kappa shape index (κ3) is 3.40. The van der Waals surface area contributed by atoms with Gasteiger partial charge in [-0.15, -0.1) is 0 Å². The van der Waals surface area contributed by atoms with E-state index in [9.17, 15) is 9.59 Å². The number of rotatable bonds is 5. The van der Waals surface area contributed by atoms with Crippen LogP contribution in [0.5, 0.6) is 5.75 Å². The summed E-state index contributed by atoms with van der Waals surface area (Å²) in [6.07, 6.45) is 1.56. The standard InChI is InChI=1S/C22H18N2O4/c1-27-15-10-8-14(9-11-15)21(19-7-4-12-28-19)24-22(26)17-13-20(25)23-18-6-3-2-5-16(17)18/h2-13,21H,1H3,(H,23,25)(H,24,26). The molecule has 0 bridgehead atoms. The summed E-state index contributed by atoms with van der Waals surface area (Å²) in [5.41, 5.74) is 1.42. The first kappa shape index (κ1) is 17.6. The Bertz CT molecular complexity index is 1160. The van der Waals surface area contributed by atoms with Crippen LogP contribution in [-0.2, 0) is 0 Å². The van der Waals surface area contributed by atoms with Gasteiger partial charge in [-0.3, -0.25) is 9.59 Å². The van der Waals surface area contributed by atoms with E-state index in [4.69, 9.17) is 9.15 Å². The number of para-hydroxylation sites is 1.